The van der Waals surface area contributed by atoms with E-state index in [-0.39, 0.29) is 0 Å². The lowest BCUT2D eigenvalue weighted by Gasteiger charge is -2.42. The molecule has 1 fully saturated rings. The standard InChI is InChI=1S/C22H24/c1-3-8-17(9-4-1)20-15-14-19-12-7-13-21(22(19)16-20)18-10-5-2-6-11-18/h1-12,19-22H,13-16H2. The highest BCUT2D eigenvalue weighted by Gasteiger charge is 2.36. The van der Waals surface area contributed by atoms with Crippen molar-refractivity contribution in [2.75, 3.05) is 0 Å². The second kappa shape index (κ2) is 6.12. The van der Waals surface area contributed by atoms with Gasteiger partial charge in [-0.05, 0) is 60.5 Å². The minimum atomic E-state index is 0.711. The second-order valence-corrected chi connectivity index (χ2v) is 6.93. The van der Waals surface area contributed by atoms with Crippen LogP contribution < -0.4 is 0 Å². The topological polar surface area (TPSA) is 0 Å². The maximum absolute atomic E-state index is 2.51. The first-order valence-electron chi connectivity index (χ1n) is 8.68. The lowest BCUT2D eigenvalue weighted by molar-refractivity contribution is 0.208. The van der Waals surface area contributed by atoms with Gasteiger partial charge < -0.3 is 0 Å². The number of rotatable bonds is 2. The zero-order valence-electron chi connectivity index (χ0n) is 13.1. The maximum atomic E-state index is 2.51. The Labute approximate surface area is 133 Å². The molecule has 0 spiro atoms. The van der Waals surface area contributed by atoms with E-state index in [4.69, 9.17) is 0 Å². The van der Waals surface area contributed by atoms with Gasteiger partial charge in [0.25, 0.3) is 0 Å². The summed E-state index contributed by atoms with van der Waals surface area (Å²) in [5, 5.41) is 0. The van der Waals surface area contributed by atoms with Crippen LogP contribution >= 0.6 is 0 Å². The molecule has 112 valence electrons. The summed E-state index contributed by atoms with van der Waals surface area (Å²) >= 11 is 0. The van der Waals surface area contributed by atoms with Crippen molar-refractivity contribution in [1.82, 2.24) is 0 Å². The highest BCUT2D eigenvalue weighted by molar-refractivity contribution is 5.26. The summed E-state index contributed by atoms with van der Waals surface area (Å²) in [6.45, 7) is 0. The molecule has 0 aliphatic heterocycles. The molecule has 0 nitrogen and oxygen atoms in total. The van der Waals surface area contributed by atoms with Gasteiger partial charge >= 0.3 is 0 Å². The lowest BCUT2D eigenvalue weighted by atomic mass is 9.63. The Balaban J connectivity index is 1.60. The van der Waals surface area contributed by atoms with Crippen LogP contribution in [-0.2, 0) is 0 Å². The summed E-state index contributed by atoms with van der Waals surface area (Å²) in [4.78, 5) is 0. The molecule has 22 heavy (non-hydrogen) atoms. The highest BCUT2D eigenvalue weighted by atomic mass is 14.4. The van der Waals surface area contributed by atoms with E-state index in [0.29, 0.717) is 5.92 Å². The molecule has 0 amide bonds. The van der Waals surface area contributed by atoms with E-state index in [0.717, 1.165) is 17.8 Å². The minimum Gasteiger partial charge on any atom is -0.0876 e. The first kappa shape index (κ1) is 13.8. The predicted octanol–water partition coefficient (Wildman–Crippen LogP) is 5.93. The quantitative estimate of drug-likeness (QED) is 0.601. The smallest absolute Gasteiger partial charge is 0.00932 e. The molecule has 0 radical (unpaired) electrons. The van der Waals surface area contributed by atoms with Crippen LogP contribution in [-0.4, -0.2) is 0 Å². The van der Waals surface area contributed by atoms with Crippen LogP contribution in [0.15, 0.2) is 72.8 Å². The number of allylic oxidation sites excluding steroid dienone is 2. The Morgan fingerprint density at radius 3 is 2.14 bits per heavy atom. The molecule has 4 unspecified atom stereocenters. The van der Waals surface area contributed by atoms with Gasteiger partial charge in [-0.3, -0.25) is 0 Å². The second-order valence-electron chi connectivity index (χ2n) is 6.93. The molecule has 2 aromatic carbocycles. The predicted molar refractivity (Wildman–Crippen MR) is 93.0 cm³/mol. The van der Waals surface area contributed by atoms with Crippen molar-refractivity contribution in [3.8, 4) is 0 Å². The van der Waals surface area contributed by atoms with E-state index in [1.54, 1.807) is 5.56 Å². The Morgan fingerprint density at radius 2 is 1.41 bits per heavy atom. The van der Waals surface area contributed by atoms with Gasteiger partial charge in [0.05, 0.1) is 0 Å². The van der Waals surface area contributed by atoms with Crippen molar-refractivity contribution in [1.29, 1.82) is 0 Å². The van der Waals surface area contributed by atoms with Crippen LogP contribution in [0.1, 0.15) is 48.6 Å². The number of fused-ring (bicyclic) bond motifs is 1. The normalized spacial score (nSPS) is 30.7. The van der Waals surface area contributed by atoms with Gasteiger partial charge in [0.2, 0.25) is 0 Å². The fraction of sp³-hybridized carbons (Fsp3) is 0.364. The summed E-state index contributed by atoms with van der Waals surface area (Å²) in [6, 6.07) is 22.3. The van der Waals surface area contributed by atoms with Crippen molar-refractivity contribution >= 4 is 0 Å². The third kappa shape index (κ3) is 2.63. The van der Waals surface area contributed by atoms with E-state index in [1.165, 1.54) is 31.2 Å². The first-order chi connectivity index (χ1) is 10.9. The average Bonchev–Trinajstić information content (AvgIpc) is 2.62. The van der Waals surface area contributed by atoms with Gasteiger partial charge in [-0.15, -0.1) is 0 Å². The Kier molecular flexibility index (Phi) is 3.84. The zero-order valence-corrected chi connectivity index (χ0v) is 13.1. The molecule has 0 aromatic heterocycles. The third-order valence-corrected chi connectivity index (χ3v) is 5.74. The minimum absolute atomic E-state index is 0.711. The highest BCUT2D eigenvalue weighted by Crippen LogP contribution is 2.49. The molecule has 2 aromatic rings. The lowest BCUT2D eigenvalue weighted by Crippen LogP contribution is -2.30. The van der Waals surface area contributed by atoms with Crippen LogP contribution in [0.2, 0.25) is 0 Å². The number of hydrogen-bond acceptors (Lipinski definition) is 0. The van der Waals surface area contributed by atoms with Gasteiger partial charge in [-0.2, -0.15) is 0 Å². The fourth-order valence-corrected chi connectivity index (χ4v) is 4.62. The van der Waals surface area contributed by atoms with Crippen molar-refractivity contribution < 1.29 is 0 Å². The molecule has 1 saturated carbocycles. The molecule has 2 aliphatic carbocycles. The monoisotopic (exact) mass is 288 g/mol. The summed E-state index contributed by atoms with van der Waals surface area (Å²) in [5.41, 5.74) is 3.08. The molecule has 0 saturated heterocycles. The number of benzene rings is 2. The molecule has 0 heterocycles. The van der Waals surface area contributed by atoms with Gasteiger partial charge in [0.1, 0.15) is 0 Å². The van der Waals surface area contributed by atoms with E-state index >= 15 is 0 Å². The third-order valence-electron chi connectivity index (χ3n) is 5.74. The molecular formula is C22H24. The van der Waals surface area contributed by atoms with Gasteiger partial charge in [0, 0.05) is 0 Å². The van der Waals surface area contributed by atoms with Gasteiger partial charge in [-0.1, -0.05) is 72.8 Å². The Morgan fingerprint density at radius 1 is 0.727 bits per heavy atom. The molecule has 0 N–H and O–H groups in total. The summed E-state index contributed by atoms with van der Waals surface area (Å²) in [5.74, 6) is 3.06. The van der Waals surface area contributed by atoms with Gasteiger partial charge in [-0.25, -0.2) is 0 Å². The maximum Gasteiger partial charge on any atom is -0.00932 e. The van der Waals surface area contributed by atoms with E-state index < -0.39 is 0 Å². The molecular weight excluding hydrogens is 264 g/mol. The molecule has 2 aliphatic rings. The molecule has 0 heteroatoms. The van der Waals surface area contributed by atoms with Crippen molar-refractivity contribution in [2.45, 2.75) is 37.5 Å². The van der Waals surface area contributed by atoms with E-state index in [9.17, 15) is 0 Å². The van der Waals surface area contributed by atoms with Crippen molar-refractivity contribution in [3.63, 3.8) is 0 Å². The fourth-order valence-electron chi connectivity index (χ4n) is 4.62. The van der Waals surface area contributed by atoms with Crippen LogP contribution in [0, 0.1) is 11.8 Å². The van der Waals surface area contributed by atoms with Crippen molar-refractivity contribution in [3.05, 3.63) is 83.9 Å². The Hall–Kier alpha value is -1.82. The van der Waals surface area contributed by atoms with Crippen LogP contribution in [0.25, 0.3) is 0 Å². The Bertz CT molecular complexity index is 626. The van der Waals surface area contributed by atoms with E-state index in [1.807, 2.05) is 0 Å². The van der Waals surface area contributed by atoms with Crippen LogP contribution in [0.3, 0.4) is 0 Å². The molecule has 4 atom stereocenters. The number of hydrogen-bond donors (Lipinski definition) is 0. The summed E-state index contributed by atoms with van der Waals surface area (Å²) in [7, 11) is 0. The van der Waals surface area contributed by atoms with E-state index in [2.05, 4.69) is 72.8 Å². The molecule has 0 bridgehead atoms. The average molecular weight is 288 g/mol. The summed E-state index contributed by atoms with van der Waals surface area (Å²) < 4.78 is 0. The van der Waals surface area contributed by atoms with Crippen molar-refractivity contribution in [2.24, 2.45) is 11.8 Å². The van der Waals surface area contributed by atoms with Crippen LogP contribution in [0.4, 0.5) is 0 Å². The van der Waals surface area contributed by atoms with Gasteiger partial charge in [0.15, 0.2) is 0 Å². The molecule has 4 rings (SSSR count). The summed E-state index contributed by atoms with van der Waals surface area (Å²) in [6.07, 6.45) is 10.2. The first-order valence-corrected chi connectivity index (χ1v) is 8.68. The van der Waals surface area contributed by atoms with Crippen LogP contribution in [0.5, 0.6) is 0 Å². The largest absolute Gasteiger partial charge is 0.0876 e. The zero-order chi connectivity index (χ0) is 14.8. The SMILES string of the molecule is C1=CC2CCC(c3ccccc3)CC2C(c2ccccc2)C1.